The Morgan fingerprint density at radius 2 is 1.67 bits per heavy atom. The van der Waals surface area contributed by atoms with E-state index in [2.05, 4.69) is 30.9 Å². The summed E-state index contributed by atoms with van der Waals surface area (Å²) in [6, 6.07) is 0. The molecule has 1 saturated heterocycles. The molecule has 1 aliphatic heterocycles. The van der Waals surface area contributed by atoms with E-state index in [1.54, 1.807) is 0 Å². The lowest BCUT2D eigenvalue weighted by atomic mass is 10.2. The molecule has 9 heavy (non-hydrogen) atoms. The summed E-state index contributed by atoms with van der Waals surface area (Å²) in [6.45, 7) is 4.78. The third kappa shape index (κ3) is 1.58. The highest BCUT2D eigenvalue weighted by Gasteiger charge is 2.39. The molecular weight excluding hydrogens is 148 g/mol. The zero-order chi connectivity index (χ0) is 6.85. The normalized spacial score (nSPS) is 37.7. The number of rotatable bonds is 1. The molecule has 0 amide bonds. The second kappa shape index (κ2) is 3.20. The van der Waals surface area contributed by atoms with Crippen LogP contribution in [0.4, 0.5) is 0 Å². The molecule has 2 heteroatoms. The minimum atomic E-state index is 0.693. The summed E-state index contributed by atoms with van der Waals surface area (Å²) in [5.41, 5.74) is 0. The SMILES string of the molecule is CS[S+]1[C@H](C)CC[C@H]1C. The van der Waals surface area contributed by atoms with Gasteiger partial charge in [-0.3, -0.25) is 0 Å². The van der Waals surface area contributed by atoms with Crippen molar-refractivity contribution >= 4 is 20.7 Å². The Balaban J connectivity index is 2.44. The lowest BCUT2D eigenvalue weighted by Crippen LogP contribution is -2.13. The first-order valence-corrected chi connectivity index (χ1v) is 6.61. The van der Waals surface area contributed by atoms with E-state index in [1.165, 1.54) is 12.8 Å². The van der Waals surface area contributed by atoms with Crippen LogP contribution < -0.4 is 0 Å². The molecule has 2 atom stereocenters. The fraction of sp³-hybridized carbons (Fsp3) is 1.00. The highest BCUT2D eigenvalue weighted by Crippen LogP contribution is 2.35. The van der Waals surface area contributed by atoms with Crippen LogP contribution in [0.1, 0.15) is 26.7 Å². The maximum Gasteiger partial charge on any atom is 0.128 e. The Morgan fingerprint density at radius 1 is 1.22 bits per heavy atom. The minimum Gasteiger partial charge on any atom is -0.0158 e. The van der Waals surface area contributed by atoms with Crippen molar-refractivity contribution in [1.82, 2.24) is 0 Å². The van der Waals surface area contributed by atoms with Gasteiger partial charge >= 0.3 is 0 Å². The van der Waals surface area contributed by atoms with E-state index in [0.29, 0.717) is 9.93 Å². The smallest absolute Gasteiger partial charge is 0.0158 e. The predicted octanol–water partition coefficient (Wildman–Crippen LogP) is 2.45. The molecule has 0 nitrogen and oxygen atoms in total. The third-order valence-corrected chi connectivity index (χ3v) is 7.53. The van der Waals surface area contributed by atoms with Crippen LogP contribution in [-0.4, -0.2) is 16.8 Å². The lowest BCUT2D eigenvalue weighted by Gasteiger charge is -2.04. The van der Waals surface area contributed by atoms with Gasteiger partial charge in [-0.2, -0.15) is 0 Å². The molecule has 0 aromatic heterocycles. The molecule has 0 saturated carbocycles. The summed E-state index contributed by atoms with van der Waals surface area (Å²) < 4.78 is 0. The highest BCUT2D eigenvalue weighted by atomic mass is 33.1. The Labute approximate surface area is 64.5 Å². The van der Waals surface area contributed by atoms with Crippen molar-refractivity contribution in [3.05, 3.63) is 0 Å². The van der Waals surface area contributed by atoms with E-state index < -0.39 is 0 Å². The quantitative estimate of drug-likeness (QED) is 0.423. The van der Waals surface area contributed by atoms with Gasteiger partial charge in [-0.05, 0) is 13.8 Å². The molecule has 1 rings (SSSR count). The first kappa shape index (κ1) is 7.80. The molecule has 0 unspecified atom stereocenters. The summed E-state index contributed by atoms with van der Waals surface area (Å²) in [6.07, 6.45) is 5.18. The zero-order valence-electron chi connectivity index (χ0n) is 6.39. The van der Waals surface area contributed by atoms with Crippen molar-refractivity contribution in [2.24, 2.45) is 0 Å². The van der Waals surface area contributed by atoms with Gasteiger partial charge in [-0.15, -0.1) is 0 Å². The average Bonchev–Trinajstić information content (AvgIpc) is 2.12. The van der Waals surface area contributed by atoms with Crippen molar-refractivity contribution in [2.45, 2.75) is 37.2 Å². The van der Waals surface area contributed by atoms with Gasteiger partial charge in [-0.1, -0.05) is 0 Å². The summed E-state index contributed by atoms with van der Waals surface area (Å²) in [5.74, 6) is 0. The van der Waals surface area contributed by atoms with Crippen LogP contribution in [0.5, 0.6) is 0 Å². The molecule has 1 heterocycles. The highest BCUT2D eigenvalue weighted by molar-refractivity contribution is 8.74. The molecule has 1 aliphatic rings. The van der Waals surface area contributed by atoms with Crippen LogP contribution in [0.25, 0.3) is 0 Å². The van der Waals surface area contributed by atoms with Gasteiger partial charge in [0.1, 0.15) is 10.5 Å². The lowest BCUT2D eigenvalue weighted by molar-refractivity contribution is 0.777. The molecule has 54 valence electrons. The van der Waals surface area contributed by atoms with Crippen molar-refractivity contribution in [3.63, 3.8) is 0 Å². The van der Waals surface area contributed by atoms with Gasteiger partial charge < -0.3 is 0 Å². The molecule has 0 aromatic rings. The zero-order valence-corrected chi connectivity index (χ0v) is 8.02. The van der Waals surface area contributed by atoms with E-state index in [1.807, 2.05) is 0 Å². The predicted molar refractivity (Wildman–Crippen MR) is 49.0 cm³/mol. The van der Waals surface area contributed by atoms with Gasteiger partial charge in [-0.25, -0.2) is 0 Å². The molecule has 1 fully saturated rings. The van der Waals surface area contributed by atoms with Crippen molar-refractivity contribution in [2.75, 3.05) is 6.26 Å². The van der Waals surface area contributed by atoms with Crippen molar-refractivity contribution in [3.8, 4) is 0 Å². The van der Waals surface area contributed by atoms with Gasteiger partial charge in [0.25, 0.3) is 0 Å². The second-order valence-electron chi connectivity index (χ2n) is 2.69. The van der Waals surface area contributed by atoms with E-state index >= 15 is 0 Å². The molecule has 0 aliphatic carbocycles. The minimum absolute atomic E-state index is 0.693. The van der Waals surface area contributed by atoms with Gasteiger partial charge in [0.2, 0.25) is 0 Å². The fourth-order valence-corrected chi connectivity index (χ4v) is 6.16. The topological polar surface area (TPSA) is 0 Å². The van der Waals surface area contributed by atoms with Crippen LogP contribution in [0.2, 0.25) is 0 Å². The van der Waals surface area contributed by atoms with E-state index in [9.17, 15) is 0 Å². The van der Waals surface area contributed by atoms with Gasteiger partial charge in [0.05, 0.1) is 20.7 Å². The maximum atomic E-state index is 2.39. The van der Waals surface area contributed by atoms with Crippen molar-refractivity contribution < 1.29 is 0 Å². The molecule has 0 bridgehead atoms. The summed E-state index contributed by atoms with van der Waals surface area (Å²) in [7, 11) is 2.77. The van der Waals surface area contributed by atoms with E-state index in [-0.39, 0.29) is 0 Å². The van der Waals surface area contributed by atoms with E-state index in [0.717, 1.165) is 10.5 Å². The molecule has 0 N–H and O–H groups in total. The summed E-state index contributed by atoms with van der Waals surface area (Å²) in [5, 5.41) is 1.99. The maximum absolute atomic E-state index is 2.39. The Kier molecular flexibility index (Phi) is 2.77. The third-order valence-electron chi connectivity index (χ3n) is 1.97. The van der Waals surface area contributed by atoms with Crippen LogP contribution in [-0.2, 0) is 9.93 Å². The first-order chi connectivity index (χ1) is 4.25. The average molecular weight is 163 g/mol. The monoisotopic (exact) mass is 163 g/mol. The van der Waals surface area contributed by atoms with Crippen LogP contribution in [0.15, 0.2) is 0 Å². The molecule has 0 radical (unpaired) electrons. The Morgan fingerprint density at radius 3 is 1.89 bits per heavy atom. The Bertz CT molecular complexity index is 82.9. The number of hydrogen-bond acceptors (Lipinski definition) is 1. The number of hydrogen-bond donors (Lipinski definition) is 0. The van der Waals surface area contributed by atoms with Crippen LogP contribution >= 0.6 is 10.8 Å². The summed E-state index contributed by atoms with van der Waals surface area (Å²) >= 11 is 0. The van der Waals surface area contributed by atoms with Crippen LogP contribution in [0, 0.1) is 0 Å². The molecule has 0 aromatic carbocycles. The summed E-state index contributed by atoms with van der Waals surface area (Å²) in [4.78, 5) is 0. The Hall–Kier alpha value is 0.700. The first-order valence-electron chi connectivity index (χ1n) is 3.52. The van der Waals surface area contributed by atoms with Gasteiger partial charge in [0.15, 0.2) is 0 Å². The largest absolute Gasteiger partial charge is 0.128 e. The van der Waals surface area contributed by atoms with Gasteiger partial charge in [0, 0.05) is 19.1 Å². The second-order valence-corrected chi connectivity index (χ2v) is 7.45. The fourth-order valence-electron chi connectivity index (χ4n) is 1.43. The van der Waals surface area contributed by atoms with Crippen molar-refractivity contribution in [1.29, 1.82) is 0 Å². The molecular formula is C7H15S2+. The van der Waals surface area contributed by atoms with Crippen LogP contribution in [0.3, 0.4) is 0 Å². The molecule has 0 spiro atoms. The van der Waals surface area contributed by atoms with E-state index in [4.69, 9.17) is 0 Å². The standard InChI is InChI=1S/C7H15S2/c1-6-4-5-7(2)9(6)8-3/h6-7H,4-5H2,1-3H3/q+1/t6-,7-/m1/s1.